The Kier molecular flexibility index (Phi) is 9.53. The Hall–Kier alpha value is -1.42. The number of Topliss-reactive ketones (excluding diaryl/α,β-unsaturated/α-hetero) is 1. The fourth-order valence-electron chi connectivity index (χ4n) is 2.91. The van der Waals surface area contributed by atoms with Crippen LogP contribution < -0.4 is 0 Å². The number of ketones is 2. The molecule has 1 rings (SSSR count). The number of methoxy groups -OCH3 is 1. The van der Waals surface area contributed by atoms with Crippen LogP contribution in [0.4, 0.5) is 0 Å². The topological polar surface area (TPSA) is 63.6 Å². The Morgan fingerprint density at radius 1 is 0.957 bits per heavy atom. The molecule has 23 heavy (non-hydrogen) atoms. The predicted octanol–water partition coefficient (Wildman–Crippen LogP) is 3.88. The summed E-state index contributed by atoms with van der Waals surface area (Å²) in [5.74, 6) is -0.584. The summed E-state index contributed by atoms with van der Waals surface area (Å²) in [4.78, 5) is 24.1. The average Bonchev–Trinajstić information content (AvgIpc) is 2.55. The van der Waals surface area contributed by atoms with E-state index < -0.39 is 6.61 Å². The van der Waals surface area contributed by atoms with Gasteiger partial charge in [0, 0.05) is 5.57 Å². The minimum absolute atomic E-state index is 0.0201. The summed E-state index contributed by atoms with van der Waals surface area (Å²) < 4.78 is 4.93. The highest BCUT2D eigenvalue weighted by Crippen LogP contribution is 2.23. The van der Waals surface area contributed by atoms with Gasteiger partial charge in [-0.3, -0.25) is 9.59 Å². The molecular formula is C19H30O4. The molecule has 0 atom stereocenters. The van der Waals surface area contributed by atoms with Gasteiger partial charge < -0.3 is 9.84 Å². The number of carbonyl (C=O) groups is 2. The maximum absolute atomic E-state index is 12.2. The maximum Gasteiger partial charge on any atom is 0.221 e. The highest BCUT2D eigenvalue weighted by atomic mass is 16.5. The molecule has 4 heteroatoms. The van der Waals surface area contributed by atoms with Gasteiger partial charge in [0.1, 0.15) is 0 Å². The van der Waals surface area contributed by atoms with Crippen LogP contribution in [0, 0.1) is 0 Å². The van der Waals surface area contributed by atoms with E-state index in [9.17, 15) is 14.7 Å². The lowest BCUT2D eigenvalue weighted by Gasteiger charge is -2.16. The van der Waals surface area contributed by atoms with Crippen LogP contribution >= 0.6 is 0 Å². The van der Waals surface area contributed by atoms with Gasteiger partial charge in [0.05, 0.1) is 19.3 Å². The minimum atomic E-state index is -0.456. The Balaban J connectivity index is 2.28. The summed E-state index contributed by atoms with van der Waals surface area (Å²) in [5, 5.41) is 9.29. The number of rotatable bonds is 12. The van der Waals surface area contributed by atoms with E-state index in [0.717, 1.165) is 12.8 Å². The summed E-state index contributed by atoms with van der Waals surface area (Å²) in [6.45, 7) is 1.77. The molecule has 0 aromatic heterocycles. The van der Waals surface area contributed by atoms with E-state index in [1.54, 1.807) is 0 Å². The summed E-state index contributed by atoms with van der Waals surface area (Å²) in [6.07, 6.45) is 12.9. The molecule has 0 radical (unpaired) electrons. The molecule has 0 fully saturated rings. The standard InChI is InChI=1S/C19H30O4/c1-3-4-5-6-7-8-9-10-11-12-15-13-17(21)19(23-2)16(14-20)18(15)22/h13,20H,3-12,14H2,1-2H3. The monoisotopic (exact) mass is 322 g/mol. The second-order valence-corrected chi connectivity index (χ2v) is 6.11. The number of ether oxygens (including phenoxy) is 1. The van der Waals surface area contributed by atoms with E-state index in [4.69, 9.17) is 4.74 Å². The zero-order chi connectivity index (χ0) is 17.1. The van der Waals surface area contributed by atoms with Gasteiger partial charge in [0.2, 0.25) is 5.78 Å². The fourth-order valence-corrected chi connectivity index (χ4v) is 2.91. The molecule has 0 aromatic rings. The summed E-state index contributed by atoms with van der Waals surface area (Å²) in [5.41, 5.74) is 0.591. The molecule has 4 nitrogen and oxygen atoms in total. The van der Waals surface area contributed by atoms with Crippen LogP contribution in [0.5, 0.6) is 0 Å². The normalized spacial score (nSPS) is 15.2. The van der Waals surface area contributed by atoms with Crippen LogP contribution in [-0.4, -0.2) is 30.4 Å². The smallest absolute Gasteiger partial charge is 0.221 e. The van der Waals surface area contributed by atoms with Gasteiger partial charge in [-0.25, -0.2) is 0 Å². The first-order chi connectivity index (χ1) is 11.2. The van der Waals surface area contributed by atoms with E-state index in [-0.39, 0.29) is 22.9 Å². The lowest BCUT2D eigenvalue weighted by Crippen LogP contribution is -2.22. The van der Waals surface area contributed by atoms with E-state index in [2.05, 4.69) is 6.92 Å². The van der Waals surface area contributed by atoms with Crippen LogP contribution in [0.2, 0.25) is 0 Å². The maximum atomic E-state index is 12.2. The Bertz CT molecular complexity index is 460. The largest absolute Gasteiger partial charge is 0.492 e. The van der Waals surface area contributed by atoms with Gasteiger partial charge in [-0.2, -0.15) is 0 Å². The summed E-state index contributed by atoms with van der Waals surface area (Å²) >= 11 is 0. The lowest BCUT2D eigenvalue weighted by atomic mass is 9.91. The van der Waals surface area contributed by atoms with Gasteiger partial charge >= 0.3 is 0 Å². The SMILES string of the molecule is CCCCCCCCCCCC1=CC(=O)C(OC)=C(CO)C1=O. The molecule has 0 amide bonds. The van der Waals surface area contributed by atoms with E-state index in [1.807, 2.05) is 0 Å². The predicted molar refractivity (Wildman–Crippen MR) is 91.1 cm³/mol. The molecule has 0 bridgehead atoms. The Morgan fingerprint density at radius 3 is 2.04 bits per heavy atom. The summed E-state index contributed by atoms with van der Waals surface area (Å²) in [7, 11) is 1.34. The first-order valence-corrected chi connectivity index (χ1v) is 8.83. The summed E-state index contributed by atoms with van der Waals surface area (Å²) in [6, 6.07) is 0. The lowest BCUT2D eigenvalue weighted by molar-refractivity contribution is -0.118. The molecule has 1 N–H and O–H groups in total. The molecule has 0 saturated heterocycles. The van der Waals surface area contributed by atoms with Crippen molar-refractivity contribution in [1.29, 1.82) is 0 Å². The fraction of sp³-hybridized carbons (Fsp3) is 0.684. The van der Waals surface area contributed by atoms with Crippen molar-refractivity contribution in [3.63, 3.8) is 0 Å². The number of carbonyl (C=O) groups excluding carboxylic acids is 2. The third kappa shape index (κ3) is 6.30. The second kappa shape index (κ2) is 11.2. The number of unbranched alkanes of at least 4 members (excludes halogenated alkanes) is 8. The number of aliphatic hydroxyl groups is 1. The van der Waals surface area contributed by atoms with Gasteiger partial charge in [-0.05, 0) is 18.9 Å². The van der Waals surface area contributed by atoms with Crippen LogP contribution in [0.25, 0.3) is 0 Å². The van der Waals surface area contributed by atoms with Crippen LogP contribution in [0.1, 0.15) is 71.1 Å². The van der Waals surface area contributed by atoms with Crippen LogP contribution in [-0.2, 0) is 14.3 Å². The highest BCUT2D eigenvalue weighted by Gasteiger charge is 2.28. The molecule has 1 aliphatic rings. The molecule has 1 aliphatic carbocycles. The first kappa shape index (κ1) is 19.6. The Labute approximate surface area is 139 Å². The molecule has 0 aliphatic heterocycles. The van der Waals surface area contributed by atoms with Crippen molar-refractivity contribution in [2.24, 2.45) is 0 Å². The van der Waals surface area contributed by atoms with Gasteiger partial charge in [0.15, 0.2) is 11.5 Å². The van der Waals surface area contributed by atoms with Crippen molar-refractivity contribution < 1.29 is 19.4 Å². The third-order valence-electron chi connectivity index (χ3n) is 4.28. The third-order valence-corrected chi connectivity index (χ3v) is 4.28. The van der Waals surface area contributed by atoms with Crippen LogP contribution in [0.3, 0.4) is 0 Å². The van der Waals surface area contributed by atoms with Crippen molar-refractivity contribution in [3.8, 4) is 0 Å². The number of hydrogen-bond acceptors (Lipinski definition) is 4. The molecule has 0 spiro atoms. The van der Waals surface area contributed by atoms with Crippen molar-refractivity contribution in [3.05, 3.63) is 23.0 Å². The number of hydrogen-bond donors (Lipinski definition) is 1. The van der Waals surface area contributed by atoms with Crippen molar-refractivity contribution in [2.75, 3.05) is 13.7 Å². The van der Waals surface area contributed by atoms with Crippen molar-refractivity contribution in [2.45, 2.75) is 71.1 Å². The molecule has 0 heterocycles. The molecule has 0 unspecified atom stereocenters. The molecule has 0 aromatic carbocycles. The molecule has 0 saturated carbocycles. The molecule has 130 valence electrons. The number of aliphatic hydroxyl groups excluding tert-OH is 1. The zero-order valence-electron chi connectivity index (χ0n) is 14.5. The van der Waals surface area contributed by atoms with E-state index in [1.165, 1.54) is 58.1 Å². The zero-order valence-corrected chi connectivity index (χ0v) is 14.5. The van der Waals surface area contributed by atoms with E-state index >= 15 is 0 Å². The highest BCUT2D eigenvalue weighted by molar-refractivity contribution is 6.22. The quantitative estimate of drug-likeness (QED) is 0.437. The minimum Gasteiger partial charge on any atom is -0.492 e. The van der Waals surface area contributed by atoms with E-state index in [0.29, 0.717) is 12.0 Å². The van der Waals surface area contributed by atoms with Crippen molar-refractivity contribution in [1.82, 2.24) is 0 Å². The first-order valence-electron chi connectivity index (χ1n) is 8.83. The van der Waals surface area contributed by atoms with Gasteiger partial charge in [0.25, 0.3) is 0 Å². The second-order valence-electron chi connectivity index (χ2n) is 6.11. The van der Waals surface area contributed by atoms with Crippen LogP contribution in [0.15, 0.2) is 23.0 Å². The number of allylic oxidation sites excluding steroid dienone is 2. The molecular weight excluding hydrogens is 292 g/mol. The van der Waals surface area contributed by atoms with Crippen molar-refractivity contribution >= 4 is 11.6 Å². The van der Waals surface area contributed by atoms with Gasteiger partial charge in [-0.15, -0.1) is 0 Å². The Morgan fingerprint density at radius 2 is 1.52 bits per heavy atom. The van der Waals surface area contributed by atoms with Gasteiger partial charge in [-0.1, -0.05) is 58.3 Å². The average molecular weight is 322 g/mol.